The molecule has 0 unspecified atom stereocenters. The monoisotopic (exact) mass is 1330 g/mol. The predicted molar refractivity (Wildman–Crippen MR) is 449 cm³/mol. The van der Waals surface area contributed by atoms with Gasteiger partial charge >= 0.3 is 0 Å². The highest BCUT2D eigenvalue weighted by Gasteiger charge is 2.46. The Kier molecular flexibility index (Phi) is 26.0. The molecule has 1 aliphatic carbocycles. The maximum absolute atomic E-state index is 2.38. The van der Waals surface area contributed by atoms with Crippen molar-refractivity contribution >= 4 is 43.1 Å². The first kappa shape index (κ1) is 75.5. The van der Waals surface area contributed by atoms with Gasteiger partial charge in [-0.15, -0.1) is 0 Å². The fourth-order valence-corrected chi connectivity index (χ4v) is 13.8. The minimum atomic E-state index is -0.273. The van der Waals surface area contributed by atoms with Crippen molar-refractivity contribution in [2.45, 2.75) is 137 Å². The number of benzene rings is 15. The van der Waals surface area contributed by atoms with E-state index in [0.717, 1.165) is 0 Å². The second-order valence-corrected chi connectivity index (χ2v) is 28.4. The van der Waals surface area contributed by atoms with E-state index < -0.39 is 0 Å². The lowest BCUT2D eigenvalue weighted by molar-refractivity contribution is 0.766. The largest absolute Gasteiger partial charge is 0.0713 e. The lowest BCUT2D eigenvalue weighted by Crippen LogP contribution is -2.28. The van der Waals surface area contributed by atoms with Crippen LogP contribution in [0.15, 0.2) is 297 Å². The van der Waals surface area contributed by atoms with E-state index in [4.69, 9.17) is 0 Å². The van der Waals surface area contributed by atoms with E-state index in [1.54, 1.807) is 0 Å². The summed E-state index contributed by atoms with van der Waals surface area (Å²) in [7, 11) is 0. The topological polar surface area (TPSA) is 0 Å². The van der Waals surface area contributed by atoms with Gasteiger partial charge in [-0.25, -0.2) is 0 Å². The summed E-state index contributed by atoms with van der Waals surface area (Å²) in [4.78, 5) is 0. The van der Waals surface area contributed by atoms with Crippen LogP contribution in [0, 0.1) is 132 Å². The van der Waals surface area contributed by atoms with Gasteiger partial charge in [0.15, 0.2) is 0 Å². The van der Waals surface area contributed by atoms with Crippen LogP contribution in [0.4, 0.5) is 0 Å². The van der Waals surface area contributed by atoms with Crippen molar-refractivity contribution in [2.75, 3.05) is 0 Å². The van der Waals surface area contributed by atoms with Crippen molar-refractivity contribution in [3.8, 4) is 11.1 Å². The molecule has 0 spiro atoms. The van der Waals surface area contributed by atoms with Crippen molar-refractivity contribution in [1.29, 1.82) is 0 Å². The van der Waals surface area contributed by atoms with E-state index in [-0.39, 0.29) is 5.41 Å². The molecule has 0 atom stereocenters. The summed E-state index contributed by atoms with van der Waals surface area (Å²) >= 11 is 0. The summed E-state index contributed by atoms with van der Waals surface area (Å²) in [6.07, 6.45) is 0. The number of rotatable bonds is 2. The molecule has 15 aromatic rings. The van der Waals surface area contributed by atoms with Crippen LogP contribution < -0.4 is 0 Å². The molecule has 0 heterocycles. The Morgan fingerprint density at radius 2 is 0.441 bits per heavy atom. The maximum Gasteiger partial charge on any atom is 0.0713 e. The Labute approximate surface area is 612 Å². The molecule has 0 N–H and O–H groups in total. The zero-order valence-electron chi connectivity index (χ0n) is 64.3. The highest BCUT2D eigenvalue weighted by molar-refractivity contribution is 6.05. The fraction of sp³-hybridized carbons (Fsp3) is 0.196. The summed E-state index contributed by atoms with van der Waals surface area (Å²) in [5, 5.41) is 10.9. The third-order valence-electron chi connectivity index (χ3n) is 20.0. The summed E-state index contributed by atoms with van der Waals surface area (Å²) < 4.78 is 0. The molecule has 1 aliphatic rings. The highest BCUT2D eigenvalue weighted by atomic mass is 14.5. The quantitative estimate of drug-likeness (QED) is 0.151. The lowest BCUT2D eigenvalue weighted by atomic mass is 9.67. The normalized spacial score (nSPS) is 11.2. The van der Waals surface area contributed by atoms with Crippen LogP contribution in [0.25, 0.3) is 54.2 Å². The lowest BCUT2D eigenvalue weighted by Gasteiger charge is -2.34. The second kappa shape index (κ2) is 35.1. The number of hydrogen-bond acceptors (Lipinski definition) is 0. The van der Waals surface area contributed by atoms with Crippen LogP contribution >= 0.6 is 0 Å². The molecule has 0 saturated carbocycles. The van der Waals surface area contributed by atoms with Gasteiger partial charge in [0.1, 0.15) is 0 Å². The van der Waals surface area contributed by atoms with Gasteiger partial charge in [-0.1, -0.05) is 347 Å². The van der Waals surface area contributed by atoms with E-state index >= 15 is 0 Å². The molecule has 0 nitrogen and oxygen atoms in total. The van der Waals surface area contributed by atoms with Gasteiger partial charge in [0.2, 0.25) is 0 Å². The van der Waals surface area contributed by atoms with Gasteiger partial charge in [0, 0.05) is 0 Å². The molecule has 16 rings (SSSR count). The van der Waals surface area contributed by atoms with E-state index in [1.807, 2.05) is 0 Å². The standard InChI is InChI=1S/C27H22.C16H14.2C12H12.C10H14.C9H12.2C8H10/c1-19-13-15-23-24-16-14-20(2)18-26(24)27(25(23)17-19,21-9-5-3-6-10-21)22-11-7-4-8-12-22;1-11-13-7-3-5-9-15(13)12(2)16-10-6-4-8-14(11)16;1-9-3-5-12-8-10(2)4-6-11(12)7-9;1-9-7-8-10(2)12-6-4-3-5-11(9)12;1-7-5-9(3)10(4)6-8(7)2;1-7-4-5-8(2)9(3)6-7;1-7-3-5-8(2)6-4-7;1-7-4-3-5-8(2)6-7/h3-18H,1-2H3;3-10H,1-2H3;2*3-8H,1-2H3;5-6H,1-4H3;4-6H,1-3H3;2*3-6H,1-2H3. The molecule has 0 aromatic heterocycles. The van der Waals surface area contributed by atoms with E-state index in [9.17, 15) is 0 Å². The first-order valence-corrected chi connectivity index (χ1v) is 36.2. The SMILES string of the molecule is Cc1c2ccccc2c(C)c2ccccc12.Cc1cc(C)c(C)cc1C.Cc1ccc(C)c(C)c1.Cc1ccc(C)c2ccccc12.Cc1ccc(C)cc1.Cc1ccc2c(c1)C(c1ccccc1)(c1ccccc1)c1cc(C)ccc1-2.Cc1ccc2cc(C)ccc2c1.Cc1cccc(C)c1. The van der Waals surface area contributed by atoms with Gasteiger partial charge in [0.25, 0.3) is 0 Å². The molecular weight excluding hydrogens is 1230 g/mol. The average molecular weight is 1330 g/mol. The smallest absolute Gasteiger partial charge is 0.0622 e. The minimum Gasteiger partial charge on any atom is -0.0622 e. The van der Waals surface area contributed by atoms with Crippen LogP contribution in [0.1, 0.15) is 128 Å². The van der Waals surface area contributed by atoms with Crippen LogP contribution in [-0.2, 0) is 5.41 Å². The summed E-state index contributed by atoms with van der Waals surface area (Å²) in [5.41, 5.74) is 33.6. The molecule has 0 bridgehead atoms. The van der Waals surface area contributed by atoms with Gasteiger partial charge in [-0.2, -0.15) is 0 Å². The van der Waals surface area contributed by atoms with Crippen molar-refractivity contribution < 1.29 is 0 Å². The van der Waals surface area contributed by atoms with Gasteiger partial charge in [0.05, 0.1) is 5.41 Å². The van der Waals surface area contributed by atoms with Crippen molar-refractivity contribution in [2.24, 2.45) is 0 Å². The van der Waals surface area contributed by atoms with Crippen molar-refractivity contribution in [3.05, 3.63) is 425 Å². The molecule has 0 aliphatic heterocycles. The van der Waals surface area contributed by atoms with Gasteiger partial charge < -0.3 is 0 Å². The Morgan fingerprint density at radius 3 is 0.775 bits per heavy atom. The van der Waals surface area contributed by atoms with Gasteiger partial charge in [-0.05, 0) is 264 Å². The zero-order chi connectivity index (χ0) is 73.2. The van der Waals surface area contributed by atoms with E-state index in [0.29, 0.717) is 0 Å². The van der Waals surface area contributed by atoms with Crippen LogP contribution in [-0.4, -0.2) is 0 Å². The Hall–Kier alpha value is -10.7. The Balaban J connectivity index is 0.000000142. The third-order valence-corrected chi connectivity index (χ3v) is 20.0. The van der Waals surface area contributed by atoms with Gasteiger partial charge in [-0.3, -0.25) is 0 Å². The first-order chi connectivity index (χ1) is 48.9. The van der Waals surface area contributed by atoms with Crippen LogP contribution in [0.2, 0.25) is 0 Å². The van der Waals surface area contributed by atoms with Crippen LogP contribution in [0.3, 0.4) is 0 Å². The van der Waals surface area contributed by atoms with E-state index in [1.165, 1.54) is 182 Å². The van der Waals surface area contributed by atoms with Crippen molar-refractivity contribution in [1.82, 2.24) is 0 Å². The number of hydrogen-bond donors (Lipinski definition) is 0. The maximum atomic E-state index is 2.38. The van der Waals surface area contributed by atoms with Crippen LogP contribution in [0.5, 0.6) is 0 Å². The second-order valence-electron chi connectivity index (χ2n) is 28.4. The molecule has 0 amide bonds. The summed E-state index contributed by atoms with van der Waals surface area (Å²) in [6.45, 7) is 40.8. The molecule has 0 radical (unpaired) electrons. The Bertz CT molecular complexity index is 4910. The van der Waals surface area contributed by atoms with E-state index in [2.05, 4.69) is 429 Å². The molecule has 0 heteroatoms. The third kappa shape index (κ3) is 18.8. The highest BCUT2D eigenvalue weighted by Crippen LogP contribution is 2.56. The molecule has 102 heavy (non-hydrogen) atoms. The first-order valence-electron chi connectivity index (χ1n) is 36.2. The molecule has 15 aromatic carbocycles. The average Bonchev–Trinajstić information content (AvgIpc) is 1.55. The fourth-order valence-electron chi connectivity index (χ4n) is 13.8. The number of aryl methyl sites for hydroxylation is 19. The zero-order valence-corrected chi connectivity index (χ0v) is 64.3. The summed E-state index contributed by atoms with van der Waals surface area (Å²) in [5.74, 6) is 0. The Morgan fingerprint density at radius 1 is 0.167 bits per heavy atom. The molecular formula is C102H106. The number of fused-ring (bicyclic) bond motifs is 7. The molecule has 514 valence electrons. The minimum absolute atomic E-state index is 0.273. The summed E-state index contributed by atoms with van der Waals surface area (Å²) in [6, 6.07) is 107. The predicted octanol–water partition coefficient (Wildman–Crippen LogP) is 28.3. The molecule has 0 saturated heterocycles. The van der Waals surface area contributed by atoms with Crippen molar-refractivity contribution in [3.63, 3.8) is 0 Å². The molecule has 0 fully saturated rings.